The maximum Gasteiger partial charge on any atom is 0.410 e. The molecule has 0 aromatic heterocycles. The van der Waals surface area contributed by atoms with E-state index in [9.17, 15) is 14.4 Å². The van der Waals surface area contributed by atoms with E-state index in [0.29, 0.717) is 43.0 Å². The third kappa shape index (κ3) is 4.10. The van der Waals surface area contributed by atoms with Crippen LogP contribution >= 0.6 is 0 Å². The molecule has 4 bridgehead atoms. The lowest BCUT2D eigenvalue weighted by Gasteiger charge is -2.58. The van der Waals surface area contributed by atoms with E-state index < -0.39 is 11.7 Å². The molecule has 7 nitrogen and oxygen atoms in total. The van der Waals surface area contributed by atoms with Crippen LogP contribution in [0.1, 0.15) is 66.2 Å². The summed E-state index contributed by atoms with van der Waals surface area (Å²) in [6.07, 6.45) is 4.82. The summed E-state index contributed by atoms with van der Waals surface area (Å²) in [5.41, 5.74) is -0.701. The molecule has 2 amide bonds. The molecule has 2 unspecified atom stereocenters. The van der Waals surface area contributed by atoms with Crippen LogP contribution in [0.3, 0.4) is 0 Å². The van der Waals surface area contributed by atoms with E-state index >= 15 is 0 Å². The largest absolute Gasteiger partial charge is 0.446 e. The van der Waals surface area contributed by atoms with E-state index in [1.165, 1.54) is 0 Å². The molecule has 162 valence electrons. The van der Waals surface area contributed by atoms with Gasteiger partial charge >= 0.3 is 12.2 Å². The second-order valence-electron chi connectivity index (χ2n) is 10.7. The summed E-state index contributed by atoms with van der Waals surface area (Å²) in [5.74, 6) is 1.55. The number of hydrogen-bond acceptors (Lipinski definition) is 5. The van der Waals surface area contributed by atoms with Gasteiger partial charge in [0, 0.05) is 18.5 Å². The first kappa shape index (κ1) is 20.5. The minimum absolute atomic E-state index is 0.0654. The van der Waals surface area contributed by atoms with Crippen LogP contribution in [-0.4, -0.2) is 53.7 Å². The normalized spacial score (nSPS) is 38.1. The molecule has 0 radical (unpaired) electrons. The van der Waals surface area contributed by atoms with Gasteiger partial charge in [0.2, 0.25) is 0 Å². The van der Waals surface area contributed by atoms with Crippen LogP contribution < -0.4 is 5.32 Å². The average Bonchev–Trinajstić information content (AvgIpc) is 3.04. The third-order valence-electron chi connectivity index (χ3n) is 7.34. The predicted octanol–water partition coefficient (Wildman–Crippen LogP) is 3.51. The number of alkyl carbamates (subject to hydrolysis) is 1. The molecule has 1 N–H and O–H groups in total. The second-order valence-corrected chi connectivity index (χ2v) is 10.7. The summed E-state index contributed by atoms with van der Waals surface area (Å²) in [4.78, 5) is 38.7. The highest BCUT2D eigenvalue weighted by Crippen LogP contribution is 2.61. The molecule has 4 aliphatic carbocycles. The van der Waals surface area contributed by atoms with Gasteiger partial charge in [-0.05, 0) is 84.0 Å². The van der Waals surface area contributed by atoms with Crippen LogP contribution in [0.15, 0.2) is 0 Å². The van der Waals surface area contributed by atoms with Crippen molar-refractivity contribution in [3.63, 3.8) is 0 Å². The van der Waals surface area contributed by atoms with E-state index in [2.05, 4.69) is 5.32 Å². The number of Topliss-reactive ketones (excluding diaryl/α,β-unsaturated/α-hetero) is 1. The van der Waals surface area contributed by atoms with Gasteiger partial charge in [0.25, 0.3) is 0 Å². The van der Waals surface area contributed by atoms with Gasteiger partial charge in [-0.25, -0.2) is 9.59 Å². The zero-order valence-electron chi connectivity index (χ0n) is 18.0. The fraction of sp³-hybridized carbons (Fsp3) is 0.864. The summed E-state index contributed by atoms with van der Waals surface area (Å²) in [6, 6.07) is -0.114. The minimum atomic E-state index is -0.544. The van der Waals surface area contributed by atoms with Crippen molar-refractivity contribution < 1.29 is 23.9 Å². The van der Waals surface area contributed by atoms with Crippen LogP contribution in [0.4, 0.5) is 9.59 Å². The molecule has 0 aromatic rings. The summed E-state index contributed by atoms with van der Waals surface area (Å²) < 4.78 is 11.3. The van der Waals surface area contributed by atoms with Gasteiger partial charge in [-0.3, -0.25) is 4.79 Å². The first-order valence-corrected chi connectivity index (χ1v) is 11.0. The molecule has 5 fully saturated rings. The van der Waals surface area contributed by atoms with Gasteiger partial charge in [0.05, 0.1) is 6.04 Å². The molecule has 3 atom stereocenters. The number of nitrogens with zero attached hydrogens (tertiary/aromatic N) is 1. The Bertz CT molecular complexity index is 684. The highest BCUT2D eigenvalue weighted by atomic mass is 16.6. The van der Waals surface area contributed by atoms with Crippen molar-refractivity contribution in [1.82, 2.24) is 10.2 Å². The molecule has 29 heavy (non-hydrogen) atoms. The lowest BCUT2D eigenvalue weighted by Crippen LogP contribution is -2.57. The first-order chi connectivity index (χ1) is 13.5. The van der Waals surface area contributed by atoms with Crippen molar-refractivity contribution in [2.24, 2.45) is 23.2 Å². The van der Waals surface area contributed by atoms with Crippen LogP contribution in [0.25, 0.3) is 0 Å². The molecule has 0 aromatic carbocycles. The maximum absolute atomic E-state index is 12.8. The number of nitrogens with one attached hydrogen (secondary N) is 1. The number of carbonyl (C=O) groups excluding carboxylic acids is 3. The molecule has 1 heterocycles. The van der Waals surface area contributed by atoms with Crippen molar-refractivity contribution in [2.45, 2.75) is 84.0 Å². The summed E-state index contributed by atoms with van der Waals surface area (Å²) in [6.45, 7) is 8.22. The molecule has 5 aliphatic rings. The number of carbonyl (C=O) groups is 3. The molecule has 4 saturated carbocycles. The quantitative estimate of drug-likeness (QED) is 0.775. The van der Waals surface area contributed by atoms with E-state index in [0.717, 1.165) is 32.1 Å². The van der Waals surface area contributed by atoms with Crippen LogP contribution in [0.5, 0.6) is 0 Å². The monoisotopic (exact) mass is 406 g/mol. The predicted molar refractivity (Wildman–Crippen MR) is 106 cm³/mol. The number of likely N-dealkylation sites (tertiary alicyclic amines) is 1. The minimum Gasteiger partial charge on any atom is -0.446 e. The Morgan fingerprint density at radius 1 is 1.07 bits per heavy atom. The van der Waals surface area contributed by atoms with E-state index in [1.807, 2.05) is 20.8 Å². The number of rotatable bonds is 3. The van der Waals surface area contributed by atoms with Crippen molar-refractivity contribution in [3.8, 4) is 0 Å². The zero-order chi connectivity index (χ0) is 21.0. The number of hydrogen-bond donors (Lipinski definition) is 1. The SMILES string of the molecule is CC(=O)C12CC3CC(C1)C(OC(=O)N1CC[C@@H](NC(=O)OC(C)(C)C)C1)C(C3)C2. The Labute approximate surface area is 172 Å². The van der Waals surface area contributed by atoms with Crippen molar-refractivity contribution in [2.75, 3.05) is 13.1 Å². The third-order valence-corrected chi connectivity index (χ3v) is 7.34. The Kier molecular flexibility index (Phi) is 5.06. The molecule has 7 heteroatoms. The lowest BCUT2D eigenvalue weighted by atomic mass is 9.47. The van der Waals surface area contributed by atoms with Gasteiger partial charge in [0.1, 0.15) is 17.5 Å². The first-order valence-electron chi connectivity index (χ1n) is 11.0. The van der Waals surface area contributed by atoms with Gasteiger partial charge in [-0.2, -0.15) is 0 Å². The van der Waals surface area contributed by atoms with Crippen molar-refractivity contribution in [3.05, 3.63) is 0 Å². The van der Waals surface area contributed by atoms with Crippen molar-refractivity contribution >= 4 is 18.0 Å². The number of ketones is 1. The lowest BCUT2D eigenvalue weighted by molar-refractivity contribution is -0.160. The van der Waals surface area contributed by atoms with E-state index in [4.69, 9.17) is 9.47 Å². The van der Waals surface area contributed by atoms with Gasteiger partial charge < -0.3 is 19.7 Å². The van der Waals surface area contributed by atoms with Gasteiger partial charge in [-0.15, -0.1) is 0 Å². The molecule has 0 spiro atoms. The van der Waals surface area contributed by atoms with Crippen LogP contribution in [-0.2, 0) is 14.3 Å². The second kappa shape index (κ2) is 7.17. The summed E-state index contributed by atoms with van der Waals surface area (Å²) in [7, 11) is 0. The Morgan fingerprint density at radius 3 is 2.31 bits per heavy atom. The fourth-order valence-corrected chi connectivity index (χ4v) is 6.31. The molecular formula is C22H34N2O5. The van der Waals surface area contributed by atoms with E-state index in [1.54, 1.807) is 11.8 Å². The van der Waals surface area contributed by atoms with E-state index in [-0.39, 0.29) is 23.7 Å². The van der Waals surface area contributed by atoms with Crippen LogP contribution in [0, 0.1) is 23.2 Å². The maximum atomic E-state index is 12.8. The Balaban J connectivity index is 1.31. The molecule has 5 rings (SSSR count). The number of amides is 2. The highest BCUT2D eigenvalue weighted by Gasteiger charge is 2.58. The highest BCUT2D eigenvalue weighted by molar-refractivity contribution is 5.83. The topological polar surface area (TPSA) is 84.9 Å². The van der Waals surface area contributed by atoms with Crippen molar-refractivity contribution in [1.29, 1.82) is 0 Å². The van der Waals surface area contributed by atoms with Crippen LogP contribution in [0.2, 0.25) is 0 Å². The molecule has 1 saturated heterocycles. The van der Waals surface area contributed by atoms with Gasteiger partial charge in [0.15, 0.2) is 0 Å². The Hall–Kier alpha value is -1.79. The smallest absolute Gasteiger partial charge is 0.410 e. The summed E-state index contributed by atoms with van der Waals surface area (Å²) >= 11 is 0. The fourth-order valence-electron chi connectivity index (χ4n) is 6.31. The molecular weight excluding hydrogens is 372 g/mol. The zero-order valence-corrected chi connectivity index (χ0v) is 18.0. The summed E-state index contributed by atoms with van der Waals surface area (Å²) in [5, 5.41) is 2.84. The molecule has 1 aliphatic heterocycles. The number of ether oxygens (including phenoxy) is 2. The van der Waals surface area contributed by atoms with Gasteiger partial charge in [-0.1, -0.05) is 0 Å². The standard InChI is InChI=1S/C22H34N2O5/c1-13(25)22-9-14-7-15(10-22)18(16(8-14)11-22)28-20(27)24-6-5-17(12-24)23-19(26)29-21(2,3)4/h14-18H,5-12H2,1-4H3,(H,23,26)/t14?,15?,16?,17-,18?,22?/m1/s1. The average molecular weight is 407 g/mol. The Morgan fingerprint density at radius 2 is 1.72 bits per heavy atom.